The first-order valence-corrected chi connectivity index (χ1v) is 8.36. The number of hydrogen-bond acceptors (Lipinski definition) is 5. The lowest BCUT2D eigenvalue weighted by molar-refractivity contribution is 0.0284. The standard InChI is InChI=1S/C18H28N2O4/c1-18(2,3)16(24-17(19)21)14-6-4-5-7-15(14)23-13-10-20-8-11-22-12-9-20/h4-7,16H,8-13H2,1-3H3,(H2,19,21). The van der Waals surface area contributed by atoms with Crippen molar-refractivity contribution in [3.63, 3.8) is 0 Å². The molecule has 1 unspecified atom stereocenters. The van der Waals surface area contributed by atoms with Crippen molar-refractivity contribution in [3.8, 4) is 5.75 Å². The van der Waals surface area contributed by atoms with Gasteiger partial charge in [-0.1, -0.05) is 39.0 Å². The van der Waals surface area contributed by atoms with Gasteiger partial charge in [0.15, 0.2) is 0 Å². The Balaban J connectivity index is 2.05. The summed E-state index contributed by atoms with van der Waals surface area (Å²) in [6, 6.07) is 7.64. The zero-order valence-electron chi connectivity index (χ0n) is 14.8. The van der Waals surface area contributed by atoms with Gasteiger partial charge in [0.2, 0.25) is 0 Å². The fraction of sp³-hybridized carbons (Fsp3) is 0.611. The number of nitrogens with two attached hydrogens (primary N) is 1. The Morgan fingerprint density at radius 1 is 1.29 bits per heavy atom. The Hall–Kier alpha value is -1.79. The van der Waals surface area contributed by atoms with Crippen molar-refractivity contribution in [3.05, 3.63) is 29.8 Å². The van der Waals surface area contributed by atoms with Crippen molar-refractivity contribution >= 4 is 6.09 Å². The third-order valence-corrected chi connectivity index (χ3v) is 3.99. The summed E-state index contributed by atoms with van der Waals surface area (Å²) in [4.78, 5) is 13.6. The highest BCUT2D eigenvalue weighted by atomic mass is 16.6. The van der Waals surface area contributed by atoms with Gasteiger partial charge in [-0.3, -0.25) is 4.90 Å². The van der Waals surface area contributed by atoms with E-state index in [1.165, 1.54) is 0 Å². The second-order valence-electron chi connectivity index (χ2n) is 7.02. The van der Waals surface area contributed by atoms with Gasteiger partial charge in [0.25, 0.3) is 0 Å². The van der Waals surface area contributed by atoms with Crippen molar-refractivity contribution in [1.82, 2.24) is 4.90 Å². The Labute approximate surface area is 143 Å². The predicted molar refractivity (Wildman–Crippen MR) is 92.1 cm³/mol. The molecule has 1 fully saturated rings. The summed E-state index contributed by atoms with van der Waals surface area (Å²) in [5.74, 6) is 0.729. The van der Waals surface area contributed by atoms with Crippen LogP contribution < -0.4 is 10.5 Å². The van der Waals surface area contributed by atoms with Crippen LogP contribution >= 0.6 is 0 Å². The number of carbonyl (C=O) groups excluding carboxylic acids is 1. The van der Waals surface area contributed by atoms with Gasteiger partial charge in [-0.2, -0.15) is 0 Å². The Kier molecular flexibility index (Phi) is 6.45. The minimum atomic E-state index is -0.780. The van der Waals surface area contributed by atoms with Crippen LogP contribution in [-0.2, 0) is 9.47 Å². The molecule has 2 N–H and O–H groups in total. The number of hydrogen-bond donors (Lipinski definition) is 1. The van der Waals surface area contributed by atoms with E-state index in [-0.39, 0.29) is 5.41 Å². The van der Waals surface area contributed by atoms with E-state index < -0.39 is 12.2 Å². The van der Waals surface area contributed by atoms with Crippen LogP contribution in [0.15, 0.2) is 24.3 Å². The lowest BCUT2D eigenvalue weighted by Gasteiger charge is -2.31. The normalized spacial score (nSPS) is 17.3. The molecule has 1 amide bonds. The summed E-state index contributed by atoms with van der Waals surface area (Å²) >= 11 is 0. The fourth-order valence-corrected chi connectivity index (χ4v) is 2.76. The van der Waals surface area contributed by atoms with Gasteiger partial charge in [0.1, 0.15) is 18.5 Å². The van der Waals surface area contributed by atoms with Crippen LogP contribution in [0.25, 0.3) is 0 Å². The number of morpholine rings is 1. The number of carbonyl (C=O) groups is 1. The first-order chi connectivity index (χ1) is 11.4. The lowest BCUT2D eigenvalue weighted by Crippen LogP contribution is -2.38. The smallest absolute Gasteiger partial charge is 0.405 e. The van der Waals surface area contributed by atoms with Gasteiger partial charge in [0, 0.05) is 30.6 Å². The van der Waals surface area contributed by atoms with Crippen LogP contribution in [-0.4, -0.2) is 50.4 Å². The molecule has 1 saturated heterocycles. The van der Waals surface area contributed by atoms with Crippen LogP contribution in [0, 0.1) is 5.41 Å². The maximum atomic E-state index is 11.3. The lowest BCUT2D eigenvalue weighted by atomic mass is 9.84. The largest absolute Gasteiger partial charge is 0.492 e. The van der Waals surface area contributed by atoms with Crippen molar-refractivity contribution in [2.24, 2.45) is 11.1 Å². The third kappa shape index (κ3) is 5.39. The van der Waals surface area contributed by atoms with Gasteiger partial charge in [-0.05, 0) is 6.07 Å². The van der Waals surface area contributed by atoms with E-state index >= 15 is 0 Å². The number of primary amides is 1. The molecule has 1 atom stereocenters. The number of amides is 1. The maximum Gasteiger partial charge on any atom is 0.405 e. The molecule has 1 aliphatic heterocycles. The Morgan fingerprint density at radius 2 is 1.96 bits per heavy atom. The minimum Gasteiger partial charge on any atom is -0.492 e. The first-order valence-electron chi connectivity index (χ1n) is 8.36. The summed E-state index contributed by atoms with van der Waals surface area (Å²) in [5.41, 5.74) is 5.80. The maximum absolute atomic E-state index is 11.3. The van der Waals surface area contributed by atoms with E-state index in [1.807, 2.05) is 45.0 Å². The molecule has 1 aromatic rings. The average Bonchev–Trinajstić information content (AvgIpc) is 2.53. The zero-order valence-corrected chi connectivity index (χ0v) is 14.8. The SMILES string of the molecule is CC(C)(C)C(OC(N)=O)c1ccccc1OCCN1CCOCC1. The predicted octanol–water partition coefficient (Wildman–Crippen LogP) is 2.58. The van der Waals surface area contributed by atoms with Crippen molar-refractivity contribution < 1.29 is 19.0 Å². The van der Waals surface area contributed by atoms with Crippen LogP contribution in [0.2, 0.25) is 0 Å². The minimum absolute atomic E-state index is 0.293. The Bertz CT molecular complexity index is 536. The zero-order chi connectivity index (χ0) is 17.6. The van der Waals surface area contributed by atoms with E-state index in [4.69, 9.17) is 19.9 Å². The van der Waals surface area contributed by atoms with Gasteiger partial charge < -0.3 is 19.9 Å². The summed E-state index contributed by atoms with van der Waals surface area (Å²) in [5, 5.41) is 0. The molecule has 0 spiro atoms. The van der Waals surface area contributed by atoms with Gasteiger partial charge in [-0.25, -0.2) is 4.79 Å². The highest BCUT2D eigenvalue weighted by molar-refractivity contribution is 5.65. The molecule has 6 nitrogen and oxygen atoms in total. The highest BCUT2D eigenvalue weighted by Crippen LogP contribution is 2.40. The van der Waals surface area contributed by atoms with Crippen LogP contribution in [0.4, 0.5) is 4.79 Å². The molecule has 0 aromatic heterocycles. The molecule has 0 radical (unpaired) electrons. The van der Waals surface area contributed by atoms with Gasteiger partial charge in [0.05, 0.1) is 13.2 Å². The topological polar surface area (TPSA) is 74.0 Å². The summed E-state index contributed by atoms with van der Waals surface area (Å²) < 4.78 is 16.7. The molecule has 6 heteroatoms. The molecule has 0 aliphatic carbocycles. The van der Waals surface area contributed by atoms with E-state index in [9.17, 15) is 4.79 Å². The summed E-state index contributed by atoms with van der Waals surface area (Å²) in [7, 11) is 0. The molecule has 1 aliphatic rings. The van der Waals surface area contributed by atoms with Crippen LogP contribution in [0.5, 0.6) is 5.75 Å². The molecule has 1 aromatic carbocycles. The van der Waals surface area contributed by atoms with Gasteiger partial charge in [-0.15, -0.1) is 0 Å². The molecule has 0 bridgehead atoms. The van der Waals surface area contributed by atoms with Crippen LogP contribution in [0.3, 0.4) is 0 Å². The number of nitrogens with zero attached hydrogens (tertiary/aromatic N) is 1. The second kappa shape index (κ2) is 8.35. The molecule has 134 valence electrons. The van der Waals surface area contributed by atoms with Crippen molar-refractivity contribution in [1.29, 1.82) is 0 Å². The number of rotatable bonds is 6. The van der Waals surface area contributed by atoms with E-state index in [2.05, 4.69) is 4.90 Å². The van der Waals surface area contributed by atoms with Gasteiger partial charge >= 0.3 is 6.09 Å². The quantitative estimate of drug-likeness (QED) is 0.864. The highest BCUT2D eigenvalue weighted by Gasteiger charge is 2.31. The Morgan fingerprint density at radius 3 is 2.58 bits per heavy atom. The number of ether oxygens (including phenoxy) is 3. The average molecular weight is 336 g/mol. The summed E-state index contributed by atoms with van der Waals surface area (Å²) in [6.07, 6.45) is -1.24. The number of para-hydroxylation sites is 1. The second-order valence-corrected chi connectivity index (χ2v) is 7.02. The molecule has 24 heavy (non-hydrogen) atoms. The molecular formula is C18H28N2O4. The monoisotopic (exact) mass is 336 g/mol. The van der Waals surface area contributed by atoms with Crippen LogP contribution in [0.1, 0.15) is 32.4 Å². The van der Waals surface area contributed by atoms with Crippen molar-refractivity contribution in [2.45, 2.75) is 26.9 Å². The van der Waals surface area contributed by atoms with E-state index in [1.54, 1.807) is 0 Å². The first kappa shape index (κ1) is 18.5. The molecular weight excluding hydrogens is 308 g/mol. The number of benzene rings is 1. The fourth-order valence-electron chi connectivity index (χ4n) is 2.76. The molecule has 1 heterocycles. The molecule has 2 rings (SSSR count). The molecule has 0 saturated carbocycles. The van der Waals surface area contributed by atoms with Crippen molar-refractivity contribution in [2.75, 3.05) is 39.5 Å². The third-order valence-electron chi connectivity index (χ3n) is 3.99. The summed E-state index contributed by atoms with van der Waals surface area (Å²) in [6.45, 7) is 10.8. The van der Waals surface area contributed by atoms with E-state index in [0.29, 0.717) is 6.61 Å². The van der Waals surface area contributed by atoms with E-state index in [0.717, 1.165) is 44.2 Å².